The molecule has 0 aliphatic rings. The van der Waals surface area contributed by atoms with Gasteiger partial charge in [-0.05, 0) is 0 Å². The number of nitrogens with two attached hydrogens (primary N) is 2. The van der Waals surface area contributed by atoms with Crippen molar-refractivity contribution in [2.45, 2.75) is 12.8 Å². The second kappa shape index (κ2) is 5.91. The van der Waals surface area contributed by atoms with Gasteiger partial charge in [0, 0.05) is 6.20 Å². The third-order valence-corrected chi connectivity index (χ3v) is 2.87. The minimum absolute atomic E-state index is 0.00449. The van der Waals surface area contributed by atoms with Crippen molar-refractivity contribution < 1.29 is 19.7 Å². The topological polar surface area (TPSA) is 169 Å². The van der Waals surface area contributed by atoms with Crippen molar-refractivity contribution >= 4 is 22.9 Å². The van der Waals surface area contributed by atoms with E-state index >= 15 is 0 Å². The summed E-state index contributed by atoms with van der Waals surface area (Å²) in [4.78, 5) is 29.5. The molecule has 0 aliphatic carbocycles. The summed E-state index contributed by atoms with van der Waals surface area (Å²) in [7, 11) is 0. The zero-order chi connectivity index (χ0) is 15.6. The molecule has 0 aliphatic heterocycles. The first-order chi connectivity index (χ1) is 9.97. The number of aromatic amines is 1. The first-order valence-corrected chi connectivity index (χ1v) is 5.99. The van der Waals surface area contributed by atoms with Crippen molar-refractivity contribution in [3.05, 3.63) is 22.1 Å². The van der Waals surface area contributed by atoms with Gasteiger partial charge in [-0.1, -0.05) is 0 Å². The number of anilines is 1. The highest BCUT2D eigenvalue weighted by atomic mass is 16.5. The maximum absolute atomic E-state index is 11.9. The first-order valence-electron chi connectivity index (χ1n) is 5.99. The number of aromatic nitrogens is 3. The van der Waals surface area contributed by atoms with Gasteiger partial charge in [0.2, 0.25) is 5.95 Å². The van der Waals surface area contributed by atoms with Gasteiger partial charge in [-0.3, -0.25) is 14.6 Å². The molecule has 10 heteroatoms. The molecule has 0 unspecified atom stereocenters. The average molecular weight is 297 g/mol. The Morgan fingerprint density at radius 1 is 1.48 bits per heavy atom. The molecule has 0 bridgehead atoms. The number of carbonyl (C=O) groups is 1. The standard InChI is InChI=1S/C11H15N5O5/c12-8(19)6-1-16(4-21-5(2-17)3-18)9-7(6)10(20)15-11(13)14-9/h1,5,17-18H,2-4H2,(H2,12,19)(H3,13,14,15,20). The van der Waals surface area contributed by atoms with Gasteiger partial charge in [-0.2, -0.15) is 4.98 Å². The zero-order valence-corrected chi connectivity index (χ0v) is 10.9. The van der Waals surface area contributed by atoms with E-state index in [1.54, 1.807) is 0 Å². The van der Waals surface area contributed by atoms with E-state index in [0.29, 0.717) is 0 Å². The van der Waals surface area contributed by atoms with Crippen LogP contribution < -0.4 is 17.0 Å². The van der Waals surface area contributed by atoms with E-state index in [1.165, 1.54) is 10.8 Å². The molecule has 0 radical (unpaired) electrons. The normalized spacial score (nSPS) is 11.4. The second-order valence-corrected chi connectivity index (χ2v) is 4.31. The fourth-order valence-corrected chi connectivity index (χ4v) is 1.84. The van der Waals surface area contributed by atoms with Crippen molar-refractivity contribution in [1.29, 1.82) is 0 Å². The van der Waals surface area contributed by atoms with Crippen LogP contribution in [0.25, 0.3) is 11.0 Å². The summed E-state index contributed by atoms with van der Waals surface area (Å²) >= 11 is 0. The summed E-state index contributed by atoms with van der Waals surface area (Å²) in [6.07, 6.45) is 0.513. The zero-order valence-electron chi connectivity index (χ0n) is 10.9. The minimum Gasteiger partial charge on any atom is -0.394 e. The summed E-state index contributed by atoms with van der Waals surface area (Å²) < 4.78 is 6.57. The molecular formula is C11H15N5O5. The second-order valence-electron chi connectivity index (χ2n) is 4.31. The quantitative estimate of drug-likeness (QED) is 0.400. The van der Waals surface area contributed by atoms with Gasteiger partial charge in [-0.25, -0.2) is 0 Å². The number of nitrogen functional groups attached to an aromatic ring is 1. The molecule has 0 spiro atoms. The number of rotatable bonds is 6. The van der Waals surface area contributed by atoms with E-state index in [-0.39, 0.29) is 42.5 Å². The minimum atomic E-state index is -0.795. The van der Waals surface area contributed by atoms with Gasteiger partial charge in [0.25, 0.3) is 11.5 Å². The number of hydrogen-bond donors (Lipinski definition) is 5. The van der Waals surface area contributed by atoms with Crippen molar-refractivity contribution in [2.24, 2.45) is 5.73 Å². The predicted molar refractivity (Wildman–Crippen MR) is 72.3 cm³/mol. The molecule has 2 aromatic rings. The number of amides is 1. The van der Waals surface area contributed by atoms with Crippen LogP contribution in [0.2, 0.25) is 0 Å². The number of primary amides is 1. The SMILES string of the molecule is NC(=O)c1cn(COC(CO)CO)c2nc(N)[nH]c(=O)c12. The largest absolute Gasteiger partial charge is 0.394 e. The van der Waals surface area contributed by atoms with E-state index < -0.39 is 17.6 Å². The third-order valence-electron chi connectivity index (χ3n) is 2.87. The Hall–Kier alpha value is -2.43. The van der Waals surface area contributed by atoms with E-state index in [4.69, 9.17) is 26.4 Å². The Kier molecular flexibility index (Phi) is 4.21. The maximum Gasteiger partial charge on any atom is 0.262 e. The van der Waals surface area contributed by atoms with Crippen LogP contribution in [0.3, 0.4) is 0 Å². The van der Waals surface area contributed by atoms with Crippen LogP contribution >= 0.6 is 0 Å². The van der Waals surface area contributed by atoms with Crippen LogP contribution in [0.1, 0.15) is 10.4 Å². The molecule has 2 heterocycles. The van der Waals surface area contributed by atoms with E-state index in [9.17, 15) is 9.59 Å². The van der Waals surface area contributed by atoms with Crippen LogP contribution in [0.4, 0.5) is 5.95 Å². The van der Waals surface area contributed by atoms with Crippen LogP contribution in [-0.2, 0) is 11.5 Å². The Morgan fingerprint density at radius 3 is 2.71 bits per heavy atom. The number of aliphatic hydroxyl groups is 2. The van der Waals surface area contributed by atoms with E-state index in [0.717, 1.165) is 0 Å². The van der Waals surface area contributed by atoms with Gasteiger partial charge in [-0.15, -0.1) is 0 Å². The smallest absolute Gasteiger partial charge is 0.262 e. The summed E-state index contributed by atoms with van der Waals surface area (Å²) in [6, 6.07) is 0. The fourth-order valence-electron chi connectivity index (χ4n) is 1.84. The fraction of sp³-hybridized carbons (Fsp3) is 0.364. The molecule has 2 rings (SSSR count). The van der Waals surface area contributed by atoms with Crippen molar-refractivity contribution in [1.82, 2.24) is 14.5 Å². The van der Waals surface area contributed by atoms with E-state index in [1.807, 2.05) is 0 Å². The van der Waals surface area contributed by atoms with Gasteiger partial charge in [0.15, 0.2) is 5.65 Å². The Bertz CT molecular complexity index is 718. The summed E-state index contributed by atoms with van der Waals surface area (Å²) in [5.41, 5.74) is 10.2. The number of hydrogen-bond acceptors (Lipinski definition) is 7. The number of nitrogens with zero attached hydrogens (tertiary/aromatic N) is 2. The number of carbonyl (C=O) groups excluding carboxylic acids is 1. The number of ether oxygens (including phenoxy) is 1. The van der Waals surface area contributed by atoms with Crippen molar-refractivity contribution in [2.75, 3.05) is 18.9 Å². The Labute approximate surface area is 118 Å². The third kappa shape index (κ3) is 2.86. The molecule has 7 N–H and O–H groups in total. The molecule has 21 heavy (non-hydrogen) atoms. The molecule has 0 saturated carbocycles. The molecule has 1 amide bonds. The lowest BCUT2D eigenvalue weighted by Crippen LogP contribution is -2.23. The van der Waals surface area contributed by atoms with Gasteiger partial charge in [0.05, 0.1) is 24.2 Å². The lowest BCUT2D eigenvalue weighted by atomic mass is 10.2. The van der Waals surface area contributed by atoms with Crippen LogP contribution in [0.5, 0.6) is 0 Å². The van der Waals surface area contributed by atoms with Crippen LogP contribution in [0.15, 0.2) is 11.0 Å². The van der Waals surface area contributed by atoms with Gasteiger partial charge >= 0.3 is 0 Å². The average Bonchev–Trinajstić information content (AvgIpc) is 2.79. The molecule has 0 atom stereocenters. The highest BCUT2D eigenvalue weighted by molar-refractivity contribution is 6.05. The lowest BCUT2D eigenvalue weighted by molar-refractivity contribution is -0.0487. The summed E-state index contributed by atoms with van der Waals surface area (Å²) in [5, 5.41) is 17.9. The van der Waals surface area contributed by atoms with Crippen LogP contribution in [-0.4, -0.2) is 50.0 Å². The highest BCUT2D eigenvalue weighted by Crippen LogP contribution is 2.16. The Balaban J connectivity index is 2.49. The molecule has 0 fully saturated rings. The molecule has 0 saturated heterocycles. The monoisotopic (exact) mass is 297 g/mol. The predicted octanol–water partition coefficient (Wildman–Crippen LogP) is -2.27. The maximum atomic E-state index is 11.9. The summed E-state index contributed by atoms with van der Waals surface area (Å²) in [5.74, 6) is -0.916. The Morgan fingerprint density at radius 2 is 2.14 bits per heavy atom. The first kappa shape index (κ1) is 15.0. The van der Waals surface area contributed by atoms with Gasteiger partial charge in [0.1, 0.15) is 12.8 Å². The molecule has 2 aromatic heterocycles. The number of H-pyrrole nitrogens is 1. The molecular weight excluding hydrogens is 282 g/mol. The number of fused-ring (bicyclic) bond motifs is 1. The number of nitrogens with one attached hydrogen (secondary N) is 1. The van der Waals surface area contributed by atoms with Gasteiger partial charge < -0.3 is 31.0 Å². The highest BCUT2D eigenvalue weighted by Gasteiger charge is 2.18. The van der Waals surface area contributed by atoms with E-state index in [2.05, 4.69) is 9.97 Å². The van der Waals surface area contributed by atoms with Crippen LogP contribution in [0, 0.1) is 0 Å². The summed E-state index contributed by atoms with van der Waals surface area (Å²) in [6.45, 7) is -0.908. The molecule has 0 aromatic carbocycles. The lowest BCUT2D eigenvalue weighted by Gasteiger charge is -2.13. The number of aliphatic hydroxyl groups excluding tert-OH is 2. The molecule has 10 nitrogen and oxygen atoms in total. The molecule has 114 valence electrons. The van der Waals surface area contributed by atoms with Crippen molar-refractivity contribution in [3.63, 3.8) is 0 Å². The van der Waals surface area contributed by atoms with Crippen molar-refractivity contribution in [3.8, 4) is 0 Å².